The molecule has 1 fully saturated rings. The molecule has 0 bridgehead atoms. The van der Waals surface area contributed by atoms with Gasteiger partial charge in [0, 0.05) is 0 Å². The van der Waals surface area contributed by atoms with Crippen molar-refractivity contribution in [3.8, 4) is 0 Å². The molecule has 1 aromatic carbocycles. The monoisotopic (exact) mass is 368 g/mol. The maximum Gasteiger partial charge on any atom is 0.426 e. The van der Waals surface area contributed by atoms with E-state index in [9.17, 15) is 26.7 Å². The third-order valence-electron chi connectivity index (χ3n) is 4.18. The molecule has 1 aliphatic carbocycles. The fraction of sp³-hybridized carbons (Fsp3) is 0.438. The van der Waals surface area contributed by atoms with Gasteiger partial charge < -0.3 is 4.74 Å². The van der Waals surface area contributed by atoms with Crippen molar-refractivity contribution in [1.82, 2.24) is 0 Å². The van der Waals surface area contributed by atoms with Crippen LogP contribution in [0.2, 0.25) is 0 Å². The number of alkyl halides is 3. The summed E-state index contributed by atoms with van der Waals surface area (Å²) >= 11 is 5.19. The smallest absolute Gasteiger partial charge is 0.426 e. The number of hydrogen-bond acceptors (Lipinski definition) is 2. The number of carbonyl (C=O) groups excluding carboxylic acids is 1. The molecule has 0 N–H and O–H groups in total. The lowest BCUT2D eigenvalue weighted by Gasteiger charge is -2.07. The van der Waals surface area contributed by atoms with Crippen molar-refractivity contribution in [3.05, 3.63) is 46.5 Å². The summed E-state index contributed by atoms with van der Waals surface area (Å²) in [6, 6.07) is 3.20. The van der Waals surface area contributed by atoms with E-state index in [-0.39, 0.29) is 0 Å². The van der Waals surface area contributed by atoms with Gasteiger partial charge in [-0.2, -0.15) is 13.2 Å². The van der Waals surface area contributed by atoms with Crippen LogP contribution in [0.1, 0.15) is 19.4 Å². The summed E-state index contributed by atoms with van der Waals surface area (Å²) in [5, 5.41) is -1.31. The molecule has 1 aliphatic rings. The third-order valence-corrected chi connectivity index (χ3v) is 4.52. The molecule has 8 heteroatoms. The Hall–Kier alpha value is -1.63. The quantitative estimate of drug-likeness (QED) is 0.554. The lowest BCUT2D eigenvalue weighted by Crippen LogP contribution is -2.12. The van der Waals surface area contributed by atoms with Crippen LogP contribution in [0.25, 0.3) is 0 Å². The number of hydrogen-bond donors (Lipinski definition) is 0. The molecule has 0 unspecified atom stereocenters. The molecule has 0 aliphatic heterocycles. The van der Waals surface area contributed by atoms with Gasteiger partial charge in [-0.1, -0.05) is 37.6 Å². The van der Waals surface area contributed by atoms with Gasteiger partial charge in [0.25, 0.3) is 0 Å². The second-order valence-corrected chi connectivity index (χ2v) is 6.55. The number of esters is 1. The SMILES string of the molecule is CC1(C)[C@H](C(=O)OCc2c(F)cccc2F)[C@@H]1C=C(Cl)C(F)(F)F. The highest BCUT2D eigenvalue weighted by atomic mass is 35.5. The Morgan fingerprint density at radius 1 is 1.29 bits per heavy atom. The van der Waals surface area contributed by atoms with Gasteiger partial charge in [-0.15, -0.1) is 0 Å². The summed E-state index contributed by atoms with van der Waals surface area (Å²) in [4.78, 5) is 12.0. The first kappa shape index (κ1) is 18.7. The highest BCUT2D eigenvalue weighted by molar-refractivity contribution is 6.30. The molecule has 132 valence electrons. The Morgan fingerprint density at radius 2 is 1.83 bits per heavy atom. The Morgan fingerprint density at radius 3 is 2.33 bits per heavy atom. The van der Waals surface area contributed by atoms with Crippen LogP contribution in [0, 0.1) is 28.9 Å². The van der Waals surface area contributed by atoms with Crippen molar-refractivity contribution in [1.29, 1.82) is 0 Å². The number of halogens is 6. The fourth-order valence-electron chi connectivity index (χ4n) is 2.59. The normalized spacial score (nSPS) is 23.1. The standard InChI is InChI=1S/C16H14ClF5O2/c1-15(2)9(6-12(17)16(20,21)22)13(15)14(23)24-7-8-10(18)4-3-5-11(8)19/h3-6,9,13H,7H2,1-2H3/t9-,13-/m0/s1. The van der Waals surface area contributed by atoms with E-state index in [4.69, 9.17) is 16.3 Å². The Bertz CT molecular complexity index is 661. The van der Waals surface area contributed by atoms with E-state index in [2.05, 4.69) is 0 Å². The molecule has 0 saturated heterocycles. The number of carbonyl (C=O) groups is 1. The van der Waals surface area contributed by atoms with E-state index in [1.807, 2.05) is 0 Å². The molecule has 1 aromatic rings. The number of benzene rings is 1. The highest BCUT2D eigenvalue weighted by Crippen LogP contribution is 2.60. The van der Waals surface area contributed by atoms with Crippen LogP contribution < -0.4 is 0 Å². The van der Waals surface area contributed by atoms with Crippen molar-refractivity contribution in [2.24, 2.45) is 17.3 Å². The summed E-state index contributed by atoms with van der Waals surface area (Å²) in [7, 11) is 0. The minimum atomic E-state index is -4.69. The first-order valence-electron chi connectivity index (χ1n) is 7.00. The molecule has 0 spiro atoms. The van der Waals surface area contributed by atoms with Gasteiger partial charge in [0.2, 0.25) is 0 Å². The number of rotatable bonds is 4. The second-order valence-electron chi connectivity index (χ2n) is 6.15. The van der Waals surface area contributed by atoms with Crippen LogP contribution in [0.3, 0.4) is 0 Å². The Kier molecular flexibility index (Phi) is 4.95. The van der Waals surface area contributed by atoms with Gasteiger partial charge >= 0.3 is 12.1 Å². The largest absolute Gasteiger partial charge is 0.460 e. The molecule has 2 rings (SSSR count). The number of ether oxygens (including phenoxy) is 1. The Balaban J connectivity index is 2.06. The van der Waals surface area contributed by atoms with Gasteiger partial charge in [0.1, 0.15) is 23.3 Å². The molecule has 0 aromatic heterocycles. The van der Waals surface area contributed by atoms with Gasteiger partial charge in [0.15, 0.2) is 0 Å². The van der Waals surface area contributed by atoms with Crippen LogP contribution in [-0.4, -0.2) is 12.1 Å². The van der Waals surface area contributed by atoms with Gasteiger partial charge in [-0.05, 0) is 23.5 Å². The molecule has 1 saturated carbocycles. The van der Waals surface area contributed by atoms with Gasteiger partial charge in [-0.25, -0.2) is 8.78 Å². The first-order valence-corrected chi connectivity index (χ1v) is 7.38. The minimum absolute atomic E-state index is 0.412. The predicted molar refractivity (Wildman–Crippen MR) is 76.9 cm³/mol. The molecule has 2 atom stereocenters. The van der Waals surface area contributed by atoms with Crippen LogP contribution in [-0.2, 0) is 16.1 Å². The van der Waals surface area contributed by atoms with Gasteiger partial charge in [0.05, 0.1) is 11.5 Å². The maximum atomic E-state index is 13.5. The second kappa shape index (κ2) is 6.35. The van der Waals surface area contributed by atoms with Crippen molar-refractivity contribution in [2.75, 3.05) is 0 Å². The fourth-order valence-corrected chi connectivity index (χ4v) is 2.73. The van der Waals surface area contributed by atoms with Crippen LogP contribution in [0.5, 0.6) is 0 Å². The van der Waals surface area contributed by atoms with Crippen molar-refractivity contribution in [3.63, 3.8) is 0 Å². The zero-order valence-corrected chi connectivity index (χ0v) is 13.5. The van der Waals surface area contributed by atoms with E-state index in [0.29, 0.717) is 0 Å². The number of allylic oxidation sites excluding steroid dienone is 2. The van der Waals surface area contributed by atoms with Gasteiger partial charge in [-0.3, -0.25) is 4.79 Å². The maximum absolute atomic E-state index is 13.5. The van der Waals surface area contributed by atoms with E-state index < -0.39 is 58.2 Å². The minimum Gasteiger partial charge on any atom is -0.460 e. The van der Waals surface area contributed by atoms with Crippen molar-refractivity contribution >= 4 is 17.6 Å². The molecular weight excluding hydrogens is 355 g/mol. The lowest BCUT2D eigenvalue weighted by atomic mass is 10.1. The zero-order valence-electron chi connectivity index (χ0n) is 12.8. The van der Waals surface area contributed by atoms with E-state index in [1.54, 1.807) is 13.8 Å². The van der Waals surface area contributed by atoms with E-state index >= 15 is 0 Å². The van der Waals surface area contributed by atoms with E-state index in [0.717, 1.165) is 18.2 Å². The van der Waals surface area contributed by atoms with Crippen LogP contribution in [0.15, 0.2) is 29.3 Å². The molecular formula is C16H14ClF5O2. The summed E-state index contributed by atoms with van der Waals surface area (Å²) in [6.07, 6.45) is -3.91. The summed E-state index contributed by atoms with van der Waals surface area (Å²) < 4.78 is 69.2. The molecule has 2 nitrogen and oxygen atoms in total. The van der Waals surface area contributed by atoms with Crippen molar-refractivity contribution in [2.45, 2.75) is 26.6 Å². The molecule has 0 amide bonds. The van der Waals surface area contributed by atoms with Crippen LogP contribution in [0.4, 0.5) is 22.0 Å². The molecule has 24 heavy (non-hydrogen) atoms. The lowest BCUT2D eigenvalue weighted by molar-refractivity contribution is -0.147. The Labute approximate surface area is 140 Å². The average Bonchev–Trinajstić information content (AvgIpc) is 2.98. The third kappa shape index (κ3) is 3.71. The summed E-state index contributed by atoms with van der Waals surface area (Å²) in [5.74, 6) is -4.17. The average molecular weight is 369 g/mol. The topological polar surface area (TPSA) is 26.3 Å². The van der Waals surface area contributed by atoms with Crippen LogP contribution >= 0.6 is 11.6 Å². The van der Waals surface area contributed by atoms with Crippen molar-refractivity contribution < 1.29 is 31.5 Å². The summed E-state index contributed by atoms with van der Waals surface area (Å²) in [6.45, 7) is 2.54. The summed E-state index contributed by atoms with van der Waals surface area (Å²) in [5.41, 5.74) is -1.19. The predicted octanol–water partition coefficient (Wildman–Crippen LogP) is 4.97. The van der Waals surface area contributed by atoms with E-state index in [1.165, 1.54) is 6.07 Å². The molecule has 0 radical (unpaired) electrons. The first-order chi connectivity index (χ1) is 11.0. The highest BCUT2D eigenvalue weighted by Gasteiger charge is 2.62. The zero-order chi connectivity index (χ0) is 18.3. The molecule has 0 heterocycles.